The molecule has 0 N–H and O–H groups in total. The first-order chi connectivity index (χ1) is 12.0. The molecule has 2 aliphatic heterocycles. The van der Waals surface area contributed by atoms with Gasteiger partial charge in [0.05, 0.1) is 22.3 Å². The second-order valence-electron chi connectivity index (χ2n) is 5.72. The van der Waals surface area contributed by atoms with E-state index in [2.05, 4.69) is 9.47 Å². The summed E-state index contributed by atoms with van der Waals surface area (Å²) in [6, 6.07) is 11.7. The number of cyclic esters (lactones) is 4. The van der Waals surface area contributed by atoms with Gasteiger partial charge in [0.2, 0.25) is 0 Å². The van der Waals surface area contributed by atoms with Crippen molar-refractivity contribution < 1.29 is 28.7 Å². The maximum atomic E-state index is 11.6. The van der Waals surface area contributed by atoms with Gasteiger partial charge in [0.15, 0.2) is 0 Å². The number of esters is 4. The van der Waals surface area contributed by atoms with Gasteiger partial charge >= 0.3 is 23.9 Å². The molecule has 0 bridgehead atoms. The Morgan fingerprint density at radius 2 is 1.00 bits per heavy atom. The van der Waals surface area contributed by atoms with E-state index in [1.165, 1.54) is 0 Å². The molecule has 2 aromatic carbocycles. The standard InChI is InChI=1S/C18H10O6Si/c19-15-11-3-1-9(5-13(11)17(21)23-15)7-25-8-10-2-4-12-14(6-10)18(22)24-16(12)20/h1-6H,7-8H2. The zero-order valence-corrected chi connectivity index (χ0v) is 13.8. The lowest BCUT2D eigenvalue weighted by Gasteiger charge is -2.03. The Labute approximate surface area is 144 Å². The first-order valence-electron chi connectivity index (χ1n) is 7.52. The quantitative estimate of drug-likeness (QED) is 0.474. The van der Waals surface area contributed by atoms with Crippen molar-refractivity contribution in [1.29, 1.82) is 0 Å². The Morgan fingerprint density at radius 1 is 0.600 bits per heavy atom. The molecule has 2 heterocycles. The van der Waals surface area contributed by atoms with E-state index >= 15 is 0 Å². The second-order valence-corrected chi connectivity index (χ2v) is 6.92. The molecule has 2 aliphatic rings. The number of rotatable bonds is 4. The summed E-state index contributed by atoms with van der Waals surface area (Å²) in [5.74, 6) is -2.42. The van der Waals surface area contributed by atoms with Gasteiger partial charge in [0.25, 0.3) is 0 Å². The van der Waals surface area contributed by atoms with Crippen LogP contribution in [-0.4, -0.2) is 33.4 Å². The Morgan fingerprint density at radius 3 is 1.44 bits per heavy atom. The molecule has 0 aliphatic carbocycles. The first-order valence-corrected chi connectivity index (χ1v) is 8.94. The number of ether oxygens (including phenoxy) is 2. The SMILES string of the molecule is O=C1OC(=O)c2cc(C[Si]Cc3ccc4c(c3)C(=O)OC4=O)ccc21. The van der Waals surface area contributed by atoms with Gasteiger partial charge in [-0.25, -0.2) is 19.2 Å². The van der Waals surface area contributed by atoms with E-state index in [1.807, 2.05) is 12.1 Å². The fourth-order valence-electron chi connectivity index (χ4n) is 2.84. The van der Waals surface area contributed by atoms with Crippen molar-refractivity contribution in [1.82, 2.24) is 0 Å². The summed E-state index contributed by atoms with van der Waals surface area (Å²) in [5, 5.41) is 0. The van der Waals surface area contributed by atoms with Crippen LogP contribution in [0.1, 0.15) is 52.6 Å². The molecule has 0 saturated heterocycles. The highest BCUT2D eigenvalue weighted by Gasteiger charge is 2.30. The van der Waals surface area contributed by atoms with E-state index in [-0.39, 0.29) is 0 Å². The van der Waals surface area contributed by atoms with Crippen molar-refractivity contribution in [2.75, 3.05) is 0 Å². The molecule has 0 aromatic heterocycles. The van der Waals surface area contributed by atoms with Crippen LogP contribution >= 0.6 is 0 Å². The molecule has 2 aromatic rings. The summed E-state index contributed by atoms with van der Waals surface area (Å²) < 4.78 is 9.15. The smallest absolute Gasteiger partial charge is 0.346 e. The van der Waals surface area contributed by atoms with Crippen molar-refractivity contribution in [2.24, 2.45) is 0 Å². The summed E-state index contributed by atoms with van der Waals surface area (Å²) in [5.41, 5.74) is 3.12. The van der Waals surface area contributed by atoms with Gasteiger partial charge in [-0.3, -0.25) is 0 Å². The van der Waals surface area contributed by atoms with Gasteiger partial charge in [-0.2, -0.15) is 0 Å². The topological polar surface area (TPSA) is 86.7 Å². The molecule has 6 nitrogen and oxygen atoms in total. The van der Waals surface area contributed by atoms with Gasteiger partial charge in [-0.1, -0.05) is 23.3 Å². The number of hydrogen-bond donors (Lipinski definition) is 0. The largest absolute Gasteiger partial charge is 0.386 e. The fourth-order valence-corrected chi connectivity index (χ4v) is 3.98. The molecule has 25 heavy (non-hydrogen) atoms. The summed E-state index contributed by atoms with van der Waals surface area (Å²) in [6.07, 6.45) is 0. The number of hydrogen-bond acceptors (Lipinski definition) is 6. The summed E-state index contributed by atoms with van der Waals surface area (Å²) in [4.78, 5) is 46.0. The molecule has 0 unspecified atom stereocenters. The molecule has 7 heteroatoms. The van der Waals surface area contributed by atoms with Crippen molar-refractivity contribution in [3.8, 4) is 0 Å². The Bertz CT molecular complexity index is 885. The minimum absolute atomic E-state index is 0.305. The Kier molecular flexibility index (Phi) is 3.58. The Hall–Kier alpha value is -3.06. The van der Waals surface area contributed by atoms with Crippen LogP contribution in [0.3, 0.4) is 0 Å². The van der Waals surface area contributed by atoms with Gasteiger partial charge in [0, 0.05) is 9.52 Å². The molecule has 4 rings (SSSR count). The molecular formula is C18H10O6Si. The van der Waals surface area contributed by atoms with Gasteiger partial charge < -0.3 is 9.47 Å². The summed E-state index contributed by atoms with van der Waals surface area (Å²) in [6.45, 7) is 0. The zero-order chi connectivity index (χ0) is 17.6. The third-order valence-electron chi connectivity index (χ3n) is 4.08. The lowest BCUT2D eigenvalue weighted by molar-refractivity contribution is 0.0425. The van der Waals surface area contributed by atoms with E-state index < -0.39 is 23.9 Å². The summed E-state index contributed by atoms with van der Waals surface area (Å²) >= 11 is 0. The zero-order valence-electron chi connectivity index (χ0n) is 12.8. The predicted molar refractivity (Wildman–Crippen MR) is 85.5 cm³/mol. The normalized spacial score (nSPS) is 15.0. The van der Waals surface area contributed by atoms with Crippen LogP contribution in [0.4, 0.5) is 0 Å². The maximum absolute atomic E-state index is 11.6. The minimum Gasteiger partial charge on any atom is -0.386 e. The third-order valence-corrected chi connectivity index (χ3v) is 5.39. The van der Waals surface area contributed by atoms with E-state index in [0.717, 1.165) is 23.2 Å². The maximum Gasteiger partial charge on any atom is 0.346 e. The van der Waals surface area contributed by atoms with Crippen LogP contribution in [0, 0.1) is 0 Å². The predicted octanol–water partition coefficient (Wildman–Crippen LogP) is 1.71. The second kappa shape index (κ2) is 5.78. The molecule has 0 amide bonds. The number of carbonyl (C=O) groups excluding carboxylic acids is 4. The molecule has 0 spiro atoms. The molecule has 122 valence electrons. The van der Waals surface area contributed by atoms with E-state index in [0.29, 0.717) is 31.8 Å². The highest BCUT2D eigenvalue weighted by atomic mass is 28.2. The highest BCUT2D eigenvalue weighted by Crippen LogP contribution is 2.23. The average Bonchev–Trinajstić information content (AvgIpc) is 3.04. The molecule has 0 atom stereocenters. The Balaban J connectivity index is 1.44. The van der Waals surface area contributed by atoms with Crippen LogP contribution in [0.15, 0.2) is 36.4 Å². The molecular weight excluding hydrogens is 340 g/mol. The van der Waals surface area contributed by atoms with E-state index in [1.54, 1.807) is 24.3 Å². The van der Waals surface area contributed by atoms with Crippen LogP contribution in [0.2, 0.25) is 0 Å². The lowest BCUT2D eigenvalue weighted by atomic mass is 10.1. The lowest BCUT2D eigenvalue weighted by Crippen LogP contribution is -2.04. The highest BCUT2D eigenvalue weighted by molar-refractivity contribution is 6.34. The van der Waals surface area contributed by atoms with E-state index in [4.69, 9.17) is 0 Å². The molecule has 2 radical (unpaired) electrons. The average molecular weight is 350 g/mol. The number of fused-ring (bicyclic) bond motifs is 2. The summed E-state index contributed by atoms with van der Waals surface area (Å²) in [7, 11) is 0.515. The van der Waals surface area contributed by atoms with Crippen LogP contribution in [0.5, 0.6) is 0 Å². The monoisotopic (exact) mass is 350 g/mol. The minimum atomic E-state index is -0.605. The van der Waals surface area contributed by atoms with Gasteiger partial charge in [-0.05, 0) is 36.4 Å². The molecule has 0 fully saturated rings. The van der Waals surface area contributed by atoms with E-state index in [9.17, 15) is 19.2 Å². The molecule has 0 saturated carbocycles. The van der Waals surface area contributed by atoms with Crippen LogP contribution < -0.4 is 0 Å². The van der Waals surface area contributed by atoms with Crippen LogP contribution in [-0.2, 0) is 21.6 Å². The van der Waals surface area contributed by atoms with Crippen molar-refractivity contribution in [2.45, 2.75) is 12.1 Å². The first kappa shape index (κ1) is 15.5. The van der Waals surface area contributed by atoms with Crippen molar-refractivity contribution in [3.05, 3.63) is 69.8 Å². The number of benzene rings is 2. The van der Waals surface area contributed by atoms with Gasteiger partial charge in [-0.15, -0.1) is 0 Å². The van der Waals surface area contributed by atoms with Crippen molar-refractivity contribution >= 4 is 33.4 Å². The fraction of sp³-hybridized carbons (Fsp3) is 0.111. The van der Waals surface area contributed by atoms with Crippen molar-refractivity contribution in [3.63, 3.8) is 0 Å². The van der Waals surface area contributed by atoms with Gasteiger partial charge in [0.1, 0.15) is 0 Å². The third kappa shape index (κ3) is 2.68. The number of carbonyl (C=O) groups is 4. The van der Waals surface area contributed by atoms with Crippen LogP contribution in [0.25, 0.3) is 0 Å².